The summed E-state index contributed by atoms with van der Waals surface area (Å²) in [6.07, 6.45) is -7.81. The maximum absolute atomic E-state index is 14.3. The first kappa shape index (κ1) is 25.6. The lowest BCUT2D eigenvalue weighted by Crippen LogP contribution is -2.31. The van der Waals surface area contributed by atoms with Gasteiger partial charge in [0, 0.05) is 31.0 Å². The van der Waals surface area contributed by atoms with Crippen molar-refractivity contribution in [2.75, 3.05) is 6.54 Å². The number of pyridine rings is 1. The highest BCUT2D eigenvalue weighted by atomic mass is 32.2. The van der Waals surface area contributed by atoms with Gasteiger partial charge in [0.15, 0.2) is 0 Å². The van der Waals surface area contributed by atoms with Gasteiger partial charge in [0.2, 0.25) is 10.0 Å². The molecule has 12 heteroatoms. The van der Waals surface area contributed by atoms with E-state index in [0.29, 0.717) is 4.31 Å². The van der Waals surface area contributed by atoms with Crippen molar-refractivity contribution in [1.82, 2.24) is 9.29 Å². The van der Waals surface area contributed by atoms with Gasteiger partial charge in [0.05, 0.1) is 16.0 Å². The first-order valence-corrected chi connectivity index (χ1v) is 11.2. The Morgan fingerprint density at radius 3 is 2.00 bits per heavy atom. The average molecular weight is 506 g/mol. The van der Waals surface area contributed by atoms with Crippen molar-refractivity contribution in [2.45, 2.75) is 30.7 Å². The Bertz CT molecular complexity index is 1260. The van der Waals surface area contributed by atoms with Crippen molar-refractivity contribution >= 4 is 10.0 Å². The molecule has 0 bridgehead atoms. The van der Waals surface area contributed by atoms with Crippen molar-refractivity contribution in [3.8, 4) is 11.1 Å². The molecule has 0 fully saturated rings. The molecule has 0 amide bonds. The fraction of sp³-hybridized carbons (Fsp3) is 0.227. The van der Waals surface area contributed by atoms with E-state index in [1.165, 1.54) is 43.6 Å². The van der Waals surface area contributed by atoms with Gasteiger partial charge in [0.1, 0.15) is 5.82 Å². The van der Waals surface area contributed by atoms with E-state index in [1.54, 1.807) is 6.07 Å². The number of hydrogen-bond acceptors (Lipinski definition) is 3. The SMILES string of the molecule is CCN(Cc1cnccc1-c1ccccc1F)S(=O)(=O)c1cc(C(F)(F)F)cc(C(F)(F)F)c1. The van der Waals surface area contributed by atoms with Crippen molar-refractivity contribution in [3.05, 3.63) is 83.4 Å². The molecule has 0 atom stereocenters. The van der Waals surface area contributed by atoms with Crippen LogP contribution < -0.4 is 0 Å². The molecule has 1 aromatic heterocycles. The third-order valence-corrected chi connectivity index (χ3v) is 6.86. The summed E-state index contributed by atoms with van der Waals surface area (Å²) in [4.78, 5) is 2.73. The average Bonchev–Trinajstić information content (AvgIpc) is 2.76. The van der Waals surface area contributed by atoms with E-state index >= 15 is 0 Å². The third kappa shape index (κ3) is 5.39. The van der Waals surface area contributed by atoms with Gasteiger partial charge in [-0.15, -0.1) is 0 Å². The Labute approximate surface area is 190 Å². The molecule has 3 rings (SSSR count). The summed E-state index contributed by atoms with van der Waals surface area (Å²) in [6, 6.07) is 7.25. The molecule has 0 radical (unpaired) electrons. The maximum atomic E-state index is 14.3. The third-order valence-electron chi connectivity index (χ3n) is 4.97. The molecule has 4 nitrogen and oxygen atoms in total. The predicted octanol–water partition coefficient (Wildman–Crippen LogP) is 6.14. The summed E-state index contributed by atoms with van der Waals surface area (Å²) in [6.45, 7) is 0.619. The van der Waals surface area contributed by atoms with Crippen LogP contribution in [-0.2, 0) is 28.9 Å². The van der Waals surface area contributed by atoms with E-state index in [-0.39, 0.29) is 41.4 Å². The van der Waals surface area contributed by atoms with Crippen LogP contribution in [0.15, 0.2) is 65.8 Å². The minimum Gasteiger partial charge on any atom is -0.264 e. The lowest BCUT2D eigenvalue weighted by molar-refractivity contribution is -0.143. The van der Waals surface area contributed by atoms with E-state index < -0.39 is 50.8 Å². The molecule has 1 heterocycles. The van der Waals surface area contributed by atoms with Gasteiger partial charge >= 0.3 is 12.4 Å². The van der Waals surface area contributed by atoms with Gasteiger partial charge < -0.3 is 0 Å². The second-order valence-electron chi connectivity index (χ2n) is 7.19. The smallest absolute Gasteiger partial charge is 0.264 e. The van der Waals surface area contributed by atoms with Crippen LogP contribution in [-0.4, -0.2) is 24.3 Å². The Balaban J connectivity index is 2.09. The van der Waals surface area contributed by atoms with E-state index in [4.69, 9.17) is 0 Å². The summed E-state index contributed by atoms with van der Waals surface area (Å²) in [5, 5.41) is 0. The Hall–Kier alpha value is -2.99. The zero-order chi connectivity index (χ0) is 25.3. The lowest BCUT2D eigenvalue weighted by atomic mass is 10.0. The Morgan fingerprint density at radius 2 is 1.47 bits per heavy atom. The molecule has 2 aromatic carbocycles. The highest BCUT2D eigenvalue weighted by Crippen LogP contribution is 2.38. The van der Waals surface area contributed by atoms with Gasteiger partial charge in [-0.3, -0.25) is 4.98 Å². The van der Waals surface area contributed by atoms with Crippen LogP contribution in [0.3, 0.4) is 0 Å². The van der Waals surface area contributed by atoms with Gasteiger partial charge in [-0.1, -0.05) is 25.1 Å². The van der Waals surface area contributed by atoms with Crippen LogP contribution in [0.1, 0.15) is 23.6 Å². The molecule has 182 valence electrons. The van der Waals surface area contributed by atoms with Crippen LogP contribution >= 0.6 is 0 Å². The van der Waals surface area contributed by atoms with Crippen molar-refractivity contribution in [3.63, 3.8) is 0 Å². The standard InChI is InChI=1S/C22H17F7N2O2S/c1-2-31(13-14-12-30-8-7-18(14)19-5-3-4-6-20(19)23)34(32,33)17-10-15(21(24,25)26)9-16(11-17)22(27,28)29/h3-12H,2,13H2,1H3. The number of hydrogen-bond donors (Lipinski definition) is 0. The molecular weight excluding hydrogens is 489 g/mol. The summed E-state index contributed by atoms with van der Waals surface area (Å²) < 4.78 is 121. The van der Waals surface area contributed by atoms with E-state index in [0.717, 1.165) is 0 Å². The first-order valence-electron chi connectivity index (χ1n) is 9.72. The minimum absolute atomic E-state index is 0.131. The van der Waals surface area contributed by atoms with Crippen LogP contribution in [0.4, 0.5) is 30.7 Å². The monoisotopic (exact) mass is 506 g/mol. The number of aromatic nitrogens is 1. The zero-order valence-corrected chi connectivity index (χ0v) is 18.3. The molecule has 34 heavy (non-hydrogen) atoms. The number of halogens is 7. The molecule has 0 spiro atoms. The van der Waals surface area contributed by atoms with Crippen molar-refractivity contribution in [1.29, 1.82) is 0 Å². The predicted molar refractivity (Wildman–Crippen MR) is 109 cm³/mol. The number of nitrogens with zero attached hydrogens (tertiary/aromatic N) is 2. The molecule has 3 aromatic rings. The largest absolute Gasteiger partial charge is 0.416 e. The van der Waals surface area contributed by atoms with E-state index in [9.17, 15) is 39.2 Å². The van der Waals surface area contributed by atoms with Gasteiger partial charge in [-0.25, -0.2) is 12.8 Å². The number of sulfonamides is 1. The fourth-order valence-corrected chi connectivity index (χ4v) is 4.78. The van der Waals surface area contributed by atoms with Crippen LogP contribution in [0.2, 0.25) is 0 Å². The van der Waals surface area contributed by atoms with Crippen LogP contribution in [0, 0.1) is 5.82 Å². The summed E-state index contributed by atoms with van der Waals surface area (Å²) in [5.41, 5.74) is -2.87. The Morgan fingerprint density at radius 1 is 0.882 bits per heavy atom. The second-order valence-corrected chi connectivity index (χ2v) is 9.12. The Kier molecular flexibility index (Phi) is 7.04. The maximum Gasteiger partial charge on any atom is 0.416 e. The number of benzene rings is 2. The molecule has 0 saturated heterocycles. The second kappa shape index (κ2) is 9.34. The van der Waals surface area contributed by atoms with Crippen molar-refractivity contribution < 1.29 is 39.2 Å². The summed E-state index contributed by atoms with van der Waals surface area (Å²) >= 11 is 0. The van der Waals surface area contributed by atoms with Gasteiger partial charge in [-0.05, 0) is 41.5 Å². The van der Waals surface area contributed by atoms with Crippen LogP contribution in [0.25, 0.3) is 11.1 Å². The van der Waals surface area contributed by atoms with E-state index in [2.05, 4.69) is 4.98 Å². The van der Waals surface area contributed by atoms with Crippen LogP contribution in [0.5, 0.6) is 0 Å². The molecular formula is C22H17F7N2O2S. The molecule has 0 N–H and O–H groups in total. The molecule has 0 aliphatic carbocycles. The van der Waals surface area contributed by atoms with Gasteiger partial charge in [0.25, 0.3) is 0 Å². The number of alkyl halides is 6. The highest BCUT2D eigenvalue weighted by Gasteiger charge is 2.39. The molecule has 0 saturated carbocycles. The zero-order valence-electron chi connectivity index (χ0n) is 17.5. The first-order chi connectivity index (χ1) is 15.7. The fourth-order valence-electron chi connectivity index (χ4n) is 3.28. The highest BCUT2D eigenvalue weighted by molar-refractivity contribution is 7.89. The quantitative estimate of drug-likeness (QED) is 0.378. The summed E-state index contributed by atoms with van der Waals surface area (Å²) in [7, 11) is -4.81. The van der Waals surface area contributed by atoms with Crippen molar-refractivity contribution in [2.24, 2.45) is 0 Å². The normalized spacial score (nSPS) is 12.9. The molecule has 0 aliphatic rings. The molecule has 0 unspecified atom stereocenters. The summed E-state index contributed by atoms with van der Waals surface area (Å²) in [5.74, 6) is -0.603. The van der Waals surface area contributed by atoms with E-state index in [1.807, 2.05) is 0 Å². The van der Waals surface area contributed by atoms with Gasteiger partial charge in [-0.2, -0.15) is 30.6 Å². The lowest BCUT2D eigenvalue weighted by Gasteiger charge is -2.23. The topological polar surface area (TPSA) is 50.3 Å². The minimum atomic E-state index is -5.20. The molecule has 0 aliphatic heterocycles. The number of rotatable bonds is 6.